The van der Waals surface area contributed by atoms with E-state index in [9.17, 15) is 4.79 Å². The summed E-state index contributed by atoms with van der Waals surface area (Å²) in [6.07, 6.45) is 0. The maximum Gasteiger partial charge on any atom is 0.196 e. The number of benzene rings is 3. The molecule has 0 bridgehead atoms. The maximum atomic E-state index is 13.1. The van der Waals surface area contributed by atoms with Crippen LogP contribution in [0.5, 0.6) is 23.0 Å². The van der Waals surface area contributed by atoms with Crippen LogP contribution in [0.4, 0.5) is 0 Å². The number of carbonyl (C=O) groups excluding carboxylic acids is 1. The molecule has 180 valence electrons. The lowest BCUT2D eigenvalue weighted by Crippen LogP contribution is -2.07. The van der Waals surface area contributed by atoms with Crippen molar-refractivity contribution >= 4 is 17.5 Å². The Kier molecular flexibility index (Phi) is 7.57. The van der Waals surface area contributed by atoms with Crippen molar-refractivity contribution in [1.29, 1.82) is 0 Å². The molecule has 9 heteroatoms. The number of para-hydroxylation sites is 1. The number of aromatic nitrogens is 3. The third-order valence-corrected chi connectivity index (χ3v) is 6.23. The molecule has 4 rings (SSSR count). The highest BCUT2D eigenvalue weighted by Crippen LogP contribution is 2.33. The summed E-state index contributed by atoms with van der Waals surface area (Å²) >= 11 is 1.29. The van der Waals surface area contributed by atoms with Crippen LogP contribution in [0.2, 0.25) is 0 Å². The van der Waals surface area contributed by atoms with Gasteiger partial charge in [0, 0.05) is 17.3 Å². The molecule has 0 radical (unpaired) electrons. The summed E-state index contributed by atoms with van der Waals surface area (Å²) in [7, 11) is 6.29. The molecule has 0 saturated carbocycles. The molecule has 1 heterocycles. The lowest BCUT2D eigenvalue weighted by atomic mass is 10.1. The van der Waals surface area contributed by atoms with Crippen molar-refractivity contribution in [2.24, 2.45) is 0 Å². The van der Waals surface area contributed by atoms with E-state index >= 15 is 0 Å². The van der Waals surface area contributed by atoms with E-state index in [1.54, 1.807) is 45.6 Å². The number of ketones is 1. The molecule has 0 N–H and O–H groups in total. The number of rotatable bonds is 10. The Hall–Kier alpha value is -3.98. The van der Waals surface area contributed by atoms with Gasteiger partial charge < -0.3 is 18.9 Å². The first-order valence-electron chi connectivity index (χ1n) is 10.7. The van der Waals surface area contributed by atoms with Crippen molar-refractivity contribution in [2.45, 2.75) is 5.16 Å². The van der Waals surface area contributed by atoms with Crippen molar-refractivity contribution < 1.29 is 23.7 Å². The number of thioether (sulfide) groups is 1. The molecule has 8 nitrogen and oxygen atoms in total. The van der Waals surface area contributed by atoms with Crippen molar-refractivity contribution in [1.82, 2.24) is 14.8 Å². The molecule has 0 aliphatic carbocycles. The number of hydrogen-bond donors (Lipinski definition) is 0. The van der Waals surface area contributed by atoms with Crippen LogP contribution in [0, 0.1) is 0 Å². The first-order valence-corrected chi connectivity index (χ1v) is 11.7. The van der Waals surface area contributed by atoms with E-state index in [1.807, 2.05) is 47.0 Å². The van der Waals surface area contributed by atoms with E-state index < -0.39 is 0 Å². The van der Waals surface area contributed by atoms with Gasteiger partial charge in [-0.1, -0.05) is 30.0 Å². The normalized spacial score (nSPS) is 10.6. The zero-order chi connectivity index (χ0) is 24.8. The molecule has 0 spiro atoms. The maximum absolute atomic E-state index is 13.1. The van der Waals surface area contributed by atoms with Gasteiger partial charge in [-0.2, -0.15) is 0 Å². The molecular weight excluding hydrogens is 466 g/mol. The fourth-order valence-corrected chi connectivity index (χ4v) is 4.37. The Balaban J connectivity index is 1.71. The predicted molar refractivity (Wildman–Crippen MR) is 134 cm³/mol. The number of methoxy groups -OCH3 is 4. The second-order valence-corrected chi connectivity index (χ2v) is 8.30. The minimum Gasteiger partial charge on any atom is -0.497 e. The lowest BCUT2D eigenvalue weighted by molar-refractivity contribution is 0.101. The lowest BCUT2D eigenvalue weighted by Gasteiger charge is -2.12. The average molecular weight is 492 g/mol. The smallest absolute Gasteiger partial charge is 0.196 e. The number of ether oxygens (including phenoxy) is 4. The minimum atomic E-state index is -0.113. The van der Waals surface area contributed by atoms with Gasteiger partial charge in [-0.15, -0.1) is 10.2 Å². The van der Waals surface area contributed by atoms with Crippen LogP contribution in [0.1, 0.15) is 10.4 Å². The number of Topliss-reactive ketones (excluding diaryl/α,β-unsaturated/α-hetero) is 1. The Bertz CT molecular complexity index is 1300. The Morgan fingerprint density at radius 2 is 1.49 bits per heavy atom. The van der Waals surface area contributed by atoms with Gasteiger partial charge in [-0.3, -0.25) is 9.36 Å². The number of nitrogens with zero attached hydrogens (tertiary/aromatic N) is 3. The van der Waals surface area contributed by atoms with E-state index in [1.165, 1.54) is 18.9 Å². The molecule has 0 amide bonds. The summed E-state index contributed by atoms with van der Waals surface area (Å²) < 4.78 is 23.4. The molecule has 0 atom stereocenters. The SMILES string of the molecule is COc1cc(OC)cc(-c2nnc(SCC(=O)c3cc(OC)ccc3OC)n2-c2ccccc2)c1. The fourth-order valence-electron chi connectivity index (χ4n) is 3.54. The summed E-state index contributed by atoms with van der Waals surface area (Å²) in [6.45, 7) is 0. The fraction of sp³-hybridized carbons (Fsp3) is 0.192. The monoisotopic (exact) mass is 491 g/mol. The van der Waals surface area contributed by atoms with E-state index in [2.05, 4.69) is 10.2 Å². The van der Waals surface area contributed by atoms with Crippen LogP contribution in [0.15, 0.2) is 71.9 Å². The Labute approximate surface area is 207 Å². The van der Waals surface area contributed by atoms with Gasteiger partial charge in [0.1, 0.15) is 23.0 Å². The first-order chi connectivity index (χ1) is 17.1. The van der Waals surface area contributed by atoms with Crippen LogP contribution >= 0.6 is 11.8 Å². The van der Waals surface area contributed by atoms with Gasteiger partial charge in [-0.05, 0) is 42.5 Å². The number of carbonyl (C=O) groups is 1. The highest BCUT2D eigenvalue weighted by Gasteiger charge is 2.20. The van der Waals surface area contributed by atoms with Gasteiger partial charge in [-0.25, -0.2) is 0 Å². The molecular formula is C26H25N3O5S. The van der Waals surface area contributed by atoms with Crippen LogP contribution in [-0.2, 0) is 0 Å². The van der Waals surface area contributed by atoms with Crippen molar-refractivity contribution in [2.75, 3.05) is 34.2 Å². The highest BCUT2D eigenvalue weighted by atomic mass is 32.2. The van der Waals surface area contributed by atoms with E-state index in [0.717, 1.165) is 11.3 Å². The summed E-state index contributed by atoms with van der Waals surface area (Å²) in [6, 6.07) is 20.4. The van der Waals surface area contributed by atoms with E-state index in [-0.39, 0.29) is 11.5 Å². The predicted octanol–water partition coefficient (Wildman–Crippen LogP) is 4.94. The summed E-state index contributed by atoms with van der Waals surface area (Å²) in [5, 5.41) is 9.43. The van der Waals surface area contributed by atoms with Gasteiger partial charge in [0.05, 0.1) is 39.8 Å². The third-order valence-electron chi connectivity index (χ3n) is 5.30. The molecule has 0 unspecified atom stereocenters. The molecule has 4 aromatic rings. The molecule has 0 aliphatic heterocycles. The average Bonchev–Trinajstić information content (AvgIpc) is 3.35. The summed E-state index contributed by atoms with van der Waals surface area (Å²) in [5.74, 6) is 2.97. The van der Waals surface area contributed by atoms with Crippen LogP contribution in [0.25, 0.3) is 17.1 Å². The number of hydrogen-bond acceptors (Lipinski definition) is 8. The largest absolute Gasteiger partial charge is 0.497 e. The Morgan fingerprint density at radius 3 is 2.11 bits per heavy atom. The zero-order valence-corrected chi connectivity index (χ0v) is 20.7. The van der Waals surface area contributed by atoms with E-state index in [4.69, 9.17) is 18.9 Å². The molecule has 0 aliphatic rings. The quantitative estimate of drug-likeness (QED) is 0.228. The third kappa shape index (κ3) is 5.25. The molecule has 1 aromatic heterocycles. The van der Waals surface area contributed by atoms with Crippen LogP contribution in [-0.4, -0.2) is 54.7 Å². The van der Waals surface area contributed by atoms with Gasteiger partial charge in [0.25, 0.3) is 0 Å². The van der Waals surface area contributed by atoms with Crippen LogP contribution in [0.3, 0.4) is 0 Å². The summed E-state index contributed by atoms with van der Waals surface area (Å²) in [5.41, 5.74) is 2.08. The van der Waals surface area contributed by atoms with E-state index in [0.29, 0.717) is 39.5 Å². The highest BCUT2D eigenvalue weighted by molar-refractivity contribution is 7.99. The first kappa shape index (κ1) is 24.2. The standard InChI is InChI=1S/C26H25N3O5S/c1-31-19-10-11-24(34-4)22(15-19)23(30)16-35-26-28-27-25(29(26)18-8-6-5-7-9-18)17-12-20(32-2)14-21(13-17)33-3/h5-15H,16H2,1-4H3. The topological polar surface area (TPSA) is 84.7 Å². The Morgan fingerprint density at radius 1 is 0.800 bits per heavy atom. The minimum absolute atomic E-state index is 0.113. The zero-order valence-electron chi connectivity index (χ0n) is 19.8. The summed E-state index contributed by atoms with van der Waals surface area (Å²) in [4.78, 5) is 13.1. The van der Waals surface area contributed by atoms with Gasteiger partial charge in [0.15, 0.2) is 16.8 Å². The second kappa shape index (κ2) is 11.0. The molecule has 0 saturated heterocycles. The molecule has 0 fully saturated rings. The molecule has 35 heavy (non-hydrogen) atoms. The van der Waals surface area contributed by atoms with Gasteiger partial charge >= 0.3 is 0 Å². The second-order valence-electron chi connectivity index (χ2n) is 7.36. The molecule has 3 aromatic carbocycles. The van der Waals surface area contributed by atoms with Crippen molar-refractivity contribution in [3.05, 3.63) is 72.3 Å². The van der Waals surface area contributed by atoms with Gasteiger partial charge in [0.2, 0.25) is 0 Å². The van der Waals surface area contributed by atoms with Crippen molar-refractivity contribution in [3.63, 3.8) is 0 Å². The van der Waals surface area contributed by atoms with Crippen molar-refractivity contribution in [3.8, 4) is 40.1 Å². The van der Waals surface area contributed by atoms with Crippen LogP contribution < -0.4 is 18.9 Å².